The Kier molecular flexibility index (Phi) is 2.34. The number of phenolic OH excluding ortho intramolecular Hbond substituents is 1. The smallest absolute Gasteiger partial charge is 0.224 e. The molecule has 0 aromatic heterocycles. The Labute approximate surface area is 94.0 Å². The number of nitrogens with two attached hydrogens (primary N) is 1. The highest BCUT2D eigenvalue weighted by Gasteiger charge is 2.26. The number of nitrogen functional groups attached to an aromatic ring is 1. The van der Waals surface area contributed by atoms with Gasteiger partial charge >= 0.3 is 0 Å². The van der Waals surface area contributed by atoms with Crippen LogP contribution in [0.25, 0.3) is 6.08 Å². The molecule has 0 fully saturated rings. The first-order valence-electron chi connectivity index (χ1n) is 5.12. The normalized spacial score (nSPS) is 18.4. The van der Waals surface area contributed by atoms with Crippen molar-refractivity contribution in [3.05, 3.63) is 23.8 Å². The number of fused-ring (bicyclic) bond motifs is 1. The molecule has 0 aliphatic carbocycles. The summed E-state index contributed by atoms with van der Waals surface area (Å²) in [5, 5.41) is 9.83. The second-order valence-corrected chi connectivity index (χ2v) is 3.92. The van der Waals surface area contributed by atoms with E-state index in [0.29, 0.717) is 16.9 Å². The molecule has 2 rings (SSSR count). The third-order valence-corrected chi connectivity index (χ3v) is 2.76. The molecule has 0 saturated carbocycles. The molecule has 1 aromatic rings. The molecule has 1 heterocycles. The van der Waals surface area contributed by atoms with Crippen LogP contribution in [0.2, 0.25) is 0 Å². The van der Waals surface area contributed by atoms with Crippen LogP contribution in [-0.4, -0.2) is 17.1 Å². The van der Waals surface area contributed by atoms with Crippen molar-refractivity contribution in [2.75, 3.05) is 10.6 Å². The number of hydrogen-bond donors (Lipinski definition) is 2. The fourth-order valence-corrected chi connectivity index (χ4v) is 2.01. The predicted octanol–water partition coefficient (Wildman–Crippen LogP) is 1.74. The molecule has 1 aromatic carbocycles. The Morgan fingerprint density at radius 2 is 2.19 bits per heavy atom. The third-order valence-electron chi connectivity index (χ3n) is 2.76. The Morgan fingerprint density at radius 3 is 2.81 bits per heavy atom. The first-order valence-corrected chi connectivity index (χ1v) is 5.12. The van der Waals surface area contributed by atoms with Gasteiger partial charge in [0.2, 0.25) is 5.91 Å². The second-order valence-electron chi connectivity index (χ2n) is 3.92. The lowest BCUT2D eigenvalue weighted by atomic mass is 10.0. The molecule has 4 heteroatoms. The van der Waals surface area contributed by atoms with Crippen LogP contribution >= 0.6 is 0 Å². The van der Waals surface area contributed by atoms with Gasteiger partial charge in [0.1, 0.15) is 5.75 Å². The van der Waals surface area contributed by atoms with Crippen LogP contribution < -0.4 is 10.6 Å². The monoisotopic (exact) mass is 218 g/mol. The fraction of sp³-hybridized carbons (Fsp3) is 0.250. The number of phenols is 1. The molecule has 0 bridgehead atoms. The highest BCUT2D eigenvalue weighted by atomic mass is 16.3. The minimum Gasteiger partial charge on any atom is -0.506 e. The van der Waals surface area contributed by atoms with Gasteiger partial charge in [-0.1, -0.05) is 12.2 Å². The summed E-state index contributed by atoms with van der Waals surface area (Å²) in [6, 6.07) is 3.07. The van der Waals surface area contributed by atoms with Gasteiger partial charge in [-0.05, 0) is 19.1 Å². The van der Waals surface area contributed by atoms with Crippen molar-refractivity contribution >= 4 is 23.4 Å². The molecule has 16 heavy (non-hydrogen) atoms. The Balaban J connectivity index is 2.69. The van der Waals surface area contributed by atoms with E-state index in [1.165, 1.54) is 13.0 Å². The largest absolute Gasteiger partial charge is 0.506 e. The average Bonchev–Trinajstić information content (AvgIpc) is 2.23. The summed E-state index contributed by atoms with van der Waals surface area (Å²) in [5.74, 6) is -0.0328. The van der Waals surface area contributed by atoms with Crippen LogP contribution in [0.1, 0.15) is 19.4 Å². The molecular formula is C12H14N2O2. The number of rotatable bonds is 0. The van der Waals surface area contributed by atoms with Crippen molar-refractivity contribution in [2.24, 2.45) is 0 Å². The molecule has 84 valence electrons. The molecule has 1 atom stereocenters. The molecule has 1 unspecified atom stereocenters. The molecule has 4 nitrogen and oxygen atoms in total. The second kappa shape index (κ2) is 3.56. The zero-order valence-corrected chi connectivity index (χ0v) is 9.27. The first-order chi connectivity index (χ1) is 7.52. The summed E-state index contributed by atoms with van der Waals surface area (Å²) in [5.41, 5.74) is 7.58. The molecule has 1 aliphatic rings. The summed E-state index contributed by atoms with van der Waals surface area (Å²) in [6.45, 7) is 3.37. The maximum absolute atomic E-state index is 11.6. The van der Waals surface area contributed by atoms with E-state index in [4.69, 9.17) is 5.73 Å². The van der Waals surface area contributed by atoms with Crippen LogP contribution in [0.4, 0.5) is 11.4 Å². The van der Waals surface area contributed by atoms with Gasteiger partial charge in [0.15, 0.2) is 0 Å². The zero-order chi connectivity index (χ0) is 11.9. The van der Waals surface area contributed by atoms with Crippen LogP contribution in [0.15, 0.2) is 18.2 Å². The number of carbonyl (C=O) groups is 1. The van der Waals surface area contributed by atoms with E-state index in [0.717, 1.165) is 0 Å². The van der Waals surface area contributed by atoms with Crippen LogP contribution in [0.5, 0.6) is 5.75 Å². The molecule has 3 N–H and O–H groups in total. The van der Waals surface area contributed by atoms with E-state index in [2.05, 4.69) is 0 Å². The molecule has 0 spiro atoms. The van der Waals surface area contributed by atoms with Gasteiger partial charge in [-0.3, -0.25) is 4.79 Å². The van der Waals surface area contributed by atoms with Gasteiger partial charge < -0.3 is 15.7 Å². The predicted molar refractivity (Wildman–Crippen MR) is 64.2 cm³/mol. The maximum atomic E-state index is 11.6. The van der Waals surface area contributed by atoms with Gasteiger partial charge in [0.05, 0.1) is 11.7 Å². The molecule has 1 aliphatic heterocycles. The Morgan fingerprint density at radius 1 is 1.50 bits per heavy atom. The van der Waals surface area contributed by atoms with Crippen molar-refractivity contribution in [3.63, 3.8) is 0 Å². The molecule has 1 amide bonds. The highest BCUT2D eigenvalue weighted by molar-refractivity contribution is 6.00. The molecule has 0 saturated heterocycles. The number of amides is 1. The van der Waals surface area contributed by atoms with E-state index in [-0.39, 0.29) is 17.7 Å². The zero-order valence-electron chi connectivity index (χ0n) is 9.27. The molecular weight excluding hydrogens is 204 g/mol. The fourth-order valence-electron chi connectivity index (χ4n) is 2.01. The Bertz CT molecular complexity index is 480. The van der Waals surface area contributed by atoms with Gasteiger partial charge in [0, 0.05) is 18.2 Å². The minimum atomic E-state index is -0.112. The van der Waals surface area contributed by atoms with Crippen molar-refractivity contribution in [2.45, 2.75) is 19.9 Å². The molecule has 0 radical (unpaired) electrons. The summed E-state index contributed by atoms with van der Waals surface area (Å²) >= 11 is 0. The van der Waals surface area contributed by atoms with E-state index in [1.807, 2.05) is 19.1 Å². The van der Waals surface area contributed by atoms with Crippen molar-refractivity contribution in [1.29, 1.82) is 0 Å². The van der Waals surface area contributed by atoms with Crippen molar-refractivity contribution in [1.82, 2.24) is 0 Å². The van der Waals surface area contributed by atoms with Gasteiger partial charge in [-0.25, -0.2) is 0 Å². The van der Waals surface area contributed by atoms with Crippen LogP contribution in [-0.2, 0) is 4.79 Å². The summed E-state index contributed by atoms with van der Waals surface area (Å²) < 4.78 is 0. The Hall–Kier alpha value is -1.97. The van der Waals surface area contributed by atoms with E-state index < -0.39 is 0 Å². The number of carbonyl (C=O) groups excluding carboxylic acids is 1. The summed E-state index contributed by atoms with van der Waals surface area (Å²) in [4.78, 5) is 13.1. The van der Waals surface area contributed by atoms with Crippen molar-refractivity contribution in [3.8, 4) is 5.75 Å². The lowest BCUT2D eigenvalue weighted by Crippen LogP contribution is -2.38. The van der Waals surface area contributed by atoms with E-state index >= 15 is 0 Å². The number of aromatic hydroxyl groups is 1. The standard InChI is InChI=1S/C12H14N2O2/c1-7-3-4-9-10(13)5-6-11(16)12(9)14(7)8(2)15/h3-7,16H,13H2,1-2H3. The number of benzene rings is 1. The van der Waals surface area contributed by atoms with Gasteiger partial charge in [0.25, 0.3) is 0 Å². The maximum Gasteiger partial charge on any atom is 0.224 e. The average molecular weight is 218 g/mol. The quantitative estimate of drug-likeness (QED) is 0.515. The summed E-state index contributed by atoms with van der Waals surface area (Å²) in [7, 11) is 0. The van der Waals surface area contributed by atoms with E-state index in [9.17, 15) is 9.90 Å². The number of nitrogens with zero attached hydrogens (tertiary/aromatic N) is 1. The first kappa shape index (κ1) is 10.5. The summed E-state index contributed by atoms with van der Waals surface area (Å²) in [6.07, 6.45) is 3.73. The SMILES string of the molecule is CC(=O)N1c2c(O)ccc(N)c2C=CC1C. The lowest BCUT2D eigenvalue weighted by Gasteiger charge is -2.31. The van der Waals surface area contributed by atoms with Crippen LogP contribution in [0, 0.1) is 0 Å². The lowest BCUT2D eigenvalue weighted by molar-refractivity contribution is -0.116. The van der Waals surface area contributed by atoms with Crippen molar-refractivity contribution < 1.29 is 9.90 Å². The van der Waals surface area contributed by atoms with Crippen LogP contribution in [0.3, 0.4) is 0 Å². The van der Waals surface area contributed by atoms with Gasteiger partial charge in [-0.2, -0.15) is 0 Å². The highest BCUT2D eigenvalue weighted by Crippen LogP contribution is 2.39. The van der Waals surface area contributed by atoms with Gasteiger partial charge in [-0.15, -0.1) is 0 Å². The topological polar surface area (TPSA) is 66.6 Å². The minimum absolute atomic E-state index is 0.0716. The van der Waals surface area contributed by atoms with E-state index in [1.54, 1.807) is 11.0 Å². The third kappa shape index (κ3) is 1.43. The number of hydrogen-bond acceptors (Lipinski definition) is 3. The number of anilines is 2.